The summed E-state index contributed by atoms with van der Waals surface area (Å²) in [5, 5.41) is 1.13. The summed E-state index contributed by atoms with van der Waals surface area (Å²) in [5.41, 5.74) is 2.83. The molecule has 15 heavy (non-hydrogen) atoms. The van der Waals surface area contributed by atoms with Crippen LogP contribution < -0.4 is 4.90 Å². The van der Waals surface area contributed by atoms with Gasteiger partial charge < -0.3 is 4.90 Å². The van der Waals surface area contributed by atoms with E-state index in [1.807, 2.05) is 0 Å². The molecule has 2 heteroatoms. The van der Waals surface area contributed by atoms with Crippen LogP contribution in [0, 0.1) is 0 Å². The molecule has 0 bridgehead atoms. The van der Waals surface area contributed by atoms with Gasteiger partial charge in [0.1, 0.15) is 0 Å². The van der Waals surface area contributed by atoms with Gasteiger partial charge in [-0.15, -0.1) is 0 Å². The largest absolute Gasteiger partial charge is 0.377 e. The minimum atomic E-state index is 1.13. The molecular weight excluding hydrogens is 250 g/mol. The maximum atomic E-state index is 3.47. The standard InChI is InChI=1S/C13H20BrN/c1-15(2)13-10-6-5-9-12(13)8-4-3-7-11-14/h5-6,9-10H,3-4,7-8,11H2,1-2H3. The molecule has 84 valence electrons. The number of aryl methyl sites for hydroxylation is 1. The Kier molecular flexibility index (Phi) is 5.77. The van der Waals surface area contributed by atoms with Crippen molar-refractivity contribution in [3.05, 3.63) is 29.8 Å². The van der Waals surface area contributed by atoms with Crippen LogP contribution in [0.3, 0.4) is 0 Å². The quantitative estimate of drug-likeness (QED) is 0.560. The molecule has 0 atom stereocenters. The van der Waals surface area contributed by atoms with Gasteiger partial charge in [-0.05, 0) is 30.9 Å². The van der Waals surface area contributed by atoms with Crippen LogP contribution in [0.2, 0.25) is 0 Å². The molecule has 1 aromatic rings. The number of rotatable bonds is 6. The molecule has 0 saturated carbocycles. The molecule has 1 aromatic carbocycles. The average Bonchev–Trinajstić information content (AvgIpc) is 2.25. The summed E-state index contributed by atoms with van der Waals surface area (Å²) in [6.45, 7) is 0. The topological polar surface area (TPSA) is 3.24 Å². The summed E-state index contributed by atoms with van der Waals surface area (Å²) in [6, 6.07) is 8.67. The Balaban J connectivity index is 2.52. The number of hydrogen-bond acceptors (Lipinski definition) is 1. The SMILES string of the molecule is CN(C)c1ccccc1CCCCCBr. The van der Waals surface area contributed by atoms with Crippen molar-refractivity contribution in [3.8, 4) is 0 Å². The Labute approximate surface area is 102 Å². The van der Waals surface area contributed by atoms with Gasteiger partial charge in [0.2, 0.25) is 0 Å². The lowest BCUT2D eigenvalue weighted by Gasteiger charge is -2.17. The zero-order chi connectivity index (χ0) is 11.1. The minimum Gasteiger partial charge on any atom is -0.377 e. The van der Waals surface area contributed by atoms with Crippen LogP contribution in [0.15, 0.2) is 24.3 Å². The molecule has 0 N–H and O–H groups in total. The molecule has 0 aliphatic carbocycles. The lowest BCUT2D eigenvalue weighted by atomic mass is 10.0. The van der Waals surface area contributed by atoms with E-state index in [2.05, 4.69) is 59.2 Å². The van der Waals surface area contributed by atoms with E-state index in [-0.39, 0.29) is 0 Å². The summed E-state index contributed by atoms with van der Waals surface area (Å²) >= 11 is 3.47. The molecular formula is C13H20BrN. The van der Waals surface area contributed by atoms with Gasteiger partial charge in [-0.3, -0.25) is 0 Å². The number of unbranched alkanes of at least 4 members (excludes halogenated alkanes) is 2. The van der Waals surface area contributed by atoms with Gasteiger partial charge in [0.25, 0.3) is 0 Å². The number of benzene rings is 1. The third-order valence-corrected chi connectivity index (χ3v) is 3.11. The van der Waals surface area contributed by atoms with Gasteiger partial charge in [0.15, 0.2) is 0 Å². The highest BCUT2D eigenvalue weighted by atomic mass is 79.9. The smallest absolute Gasteiger partial charge is 0.0393 e. The van der Waals surface area contributed by atoms with Crippen molar-refractivity contribution < 1.29 is 0 Å². The third-order valence-electron chi connectivity index (χ3n) is 2.55. The second kappa shape index (κ2) is 6.89. The molecule has 0 aromatic heterocycles. The Hall–Kier alpha value is -0.500. The van der Waals surface area contributed by atoms with Crippen molar-refractivity contribution in [2.45, 2.75) is 25.7 Å². The van der Waals surface area contributed by atoms with Crippen molar-refractivity contribution >= 4 is 21.6 Å². The molecule has 0 aliphatic heterocycles. The molecule has 1 nitrogen and oxygen atoms in total. The van der Waals surface area contributed by atoms with Crippen molar-refractivity contribution in [1.82, 2.24) is 0 Å². The fourth-order valence-electron chi connectivity index (χ4n) is 1.75. The lowest BCUT2D eigenvalue weighted by molar-refractivity contribution is 0.723. The molecule has 0 aliphatic rings. The van der Waals surface area contributed by atoms with Crippen LogP contribution in [0.5, 0.6) is 0 Å². The molecule has 1 rings (SSSR count). The predicted molar refractivity (Wildman–Crippen MR) is 72.1 cm³/mol. The highest BCUT2D eigenvalue weighted by Crippen LogP contribution is 2.20. The second-order valence-electron chi connectivity index (χ2n) is 4.02. The van der Waals surface area contributed by atoms with Gasteiger partial charge in [-0.25, -0.2) is 0 Å². The van der Waals surface area contributed by atoms with Gasteiger partial charge in [-0.1, -0.05) is 40.5 Å². The summed E-state index contributed by atoms with van der Waals surface area (Å²) < 4.78 is 0. The van der Waals surface area contributed by atoms with Crippen LogP contribution >= 0.6 is 15.9 Å². The number of nitrogens with zero attached hydrogens (tertiary/aromatic N) is 1. The van der Waals surface area contributed by atoms with Crippen molar-refractivity contribution in [1.29, 1.82) is 0 Å². The fraction of sp³-hybridized carbons (Fsp3) is 0.538. The van der Waals surface area contributed by atoms with E-state index in [4.69, 9.17) is 0 Å². The maximum absolute atomic E-state index is 3.47. The Morgan fingerprint density at radius 1 is 1.07 bits per heavy atom. The van der Waals surface area contributed by atoms with Crippen molar-refractivity contribution in [2.75, 3.05) is 24.3 Å². The Morgan fingerprint density at radius 2 is 1.80 bits per heavy atom. The molecule has 0 heterocycles. The van der Waals surface area contributed by atoms with E-state index >= 15 is 0 Å². The maximum Gasteiger partial charge on any atom is 0.0393 e. The first-order valence-corrected chi connectivity index (χ1v) is 6.69. The average molecular weight is 270 g/mol. The number of halogens is 1. The summed E-state index contributed by atoms with van der Waals surface area (Å²) in [6.07, 6.45) is 5.08. The predicted octanol–water partition coefficient (Wildman–Crippen LogP) is 3.86. The third kappa shape index (κ3) is 4.25. The minimum absolute atomic E-state index is 1.13. The van der Waals surface area contributed by atoms with Gasteiger partial charge >= 0.3 is 0 Å². The zero-order valence-corrected chi connectivity index (χ0v) is 11.3. The molecule has 0 saturated heterocycles. The molecule has 0 amide bonds. The van der Waals surface area contributed by atoms with Crippen LogP contribution in [0.4, 0.5) is 5.69 Å². The normalized spacial score (nSPS) is 10.3. The van der Waals surface area contributed by atoms with E-state index in [0.29, 0.717) is 0 Å². The zero-order valence-electron chi connectivity index (χ0n) is 9.67. The highest BCUT2D eigenvalue weighted by Gasteiger charge is 2.02. The van der Waals surface area contributed by atoms with Gasteiger partial charge in [0, 0.05) is 25.1 Å². The first-order chi connectivity index (χ1) is 7.25. The monoisotopic (exact) mass is 269 g/mol. The van der Waals surface area contributed by atoms with Crippen LogP contribution in [-0.2, 0) is 6.42 Å². The highest BCUT2D eigenvalue weighted by molar-refractivity contribution is 9.09. The fourth-order valence-corrected chi connectivity index (χ4v) is 2.14. The van der Waals surface area contributed by atoms with Crippen molar-refractivity contribution in [3.63, 3.8) is 0 Å². The summed E-state index contributed by atoms with van der Waals surface area (Å²) in [4.78, 5) is 2.19. The number of hydrogen-bond donors (Lipinski definition) is 0. The van der Waals surface area contributed by atoms with Crippen LogP contribution in [0.25, 0.3) is 0 Å². The first kappa shape index (κ1) is 12.6. The number of anilines is 1. The molecule has 0 spiro atoms. The number of alkyl halides is 1. The summed E-state index contributed by atoms with van der Waals surface area (Å²) in [7, 11) is 4.22. The number of para-hydroxylation sites is 1. The Bertz CT molecular complexity index is 284. The molecule has 0 radical (unpaired) electrons. The van der Waals surface area contributed by atoms with Crippen molar-refractivity contribution in [2.24, 2.45) is 0 Å². The Morgan fingerprint density at radius 3 is 2.47 bits per heavy atom. The molecule has 0 fully saturated rings. The van der Waals surface area contributed by atoms with Crippen LogP contribution in [-0.4, -0.2) is 19.4 Å². The van der Waals surface area contributed by atoms with Crippen LogP contribution in [0.1, 0.15) is 24.8 Å². The van der Waals surface area contributed by atoms with E-state index in [1.54, 1.807) is 0 Å². The lowest BCUT2D eigenvalue weighted by Crippen LogP contribution is -2.11. The van der Waals surface area contributed by atoms with Gasteiger partial charge in [0.05, 0.1) is 0 Å². The second-order valence-corrected chi connectivity index (χ2v) is 4.82. The van der Waals surface area contributed by atoms with E-state index in [0.717, 1.165) is 5.33 Å². The summed E-state index contributed by atoms with van der Waals surface area (Å²) in [5.74, 6) is 0. The molecule has 0 unspecified atom stereocenters. The first-order valence-electron chi connectivity index (χ1n) is 5.57. The van der Waals surface area contributed by atoms with E-state index in [9.17, 15) is 0 Å². The van der Waals surface area contributed by atoms with Gasteiger partial charge in [-0.2, -0.15) is 0 Å². The van der Waals surface area contributed by atoms with E-state index in [1.165, 1.54) is 36.9 Å². The van der Waals surface area contributed by atoms with E-state index < -0.39 is 0 Å².